The number of rotatable bonds is 6. The molecule has 0 fully saturated rings. The van der Waals surface area contributed by atoms with Gasteiger partial charge in [0.25, 0.3) is 5.91 Å². The number of aryl methyl sites for hydroxylation is 1. The van der Waals surface area contributed by atoms with E-state index in [9.17, 15) is 4.79 Å². The van der Waals surface area contributed by atoms with Crippen LogP contribution in [0.25, 0.3) is 0 Å². The highest BCUT2D eigenvalue weighted by molar-refractivity contribution is 5.91. The maximum absolute atomic E-state index is 12.0. The van der Waals surface area contributed by atoms with Gasteiger partial charge in [0.15, 0.2) is 0 Å². The summed E-state index contributed by atoms with van der Waals surface area (Å²) in [6.45, 7) is 2.61. The van der Waals surface area contributed by atoms with Crippen molar-refractivity contribution in [3.8, 4) is 11.5 Å². The Hall–Kier alpha value is -2.50. The fourth-order valence-electron chi connectivity index (χ4n) is 1.73. The van der Waals surface area contributed by atoms with Crippen LogP contribution >= 0.6 is 0 Å². The van der Waals surface area contributed by atoms with Crippen molar-refractivity contribution >= 4 is 5.91 Å². The number of likely N-dealkylation sites (N-methyl/N-ethyl adjacent to an activating group) is 1. The molecule has 0 aliphatic carbocycles. The lowest BCUT2D eigenvalue weighted by molar-refractivity contribution is 0.0732. The first kappa shape index (κ1) is 14.9. The highest BCUT2D eigenvalue weighted by atomic mass is 16.5. The van der Waals surface area contributed by atoms with Crippen LogP contribution in [-0.4, -0.2) is 43.3 Å². The summed E-state index contributed by atoms with van der Waals surface area (Å²) in [5.74, 6) is 1.52. The SMILES string of the molecule is COc1ccc(OCCN(C)C(=O)c2cc(C)no2)cc1. The third-order valence-electron chi connectivity index (χ3n) is 2.94. The third-order valence-corrected chi connectivity index (χ3v) is 2.94. The molecule has 0 radical (unpaired) electrons. The Morgan fingerprint density at radius 1 is 1.29 bits per heavy atom. The minimum atomic E-state index is -0.214. The number of carbonyl (C=O) groups excluding carboxylic acids is 1. The zero-order valence-corrected chi connectivity index (χ0v) is 12.3. The van der Waals surface area contributed by atoms with E-state index >= 15 is 0 Å². The van der Waals surface area contributed by atoms with Gasteiger partial charge in [0.1, 0.15) is 18.1 Å². The van der Waals surface area contributed by atoms with Crippen LogP contribution < -0.4 is 9.47 Å². The lowest BCUT2D eigenvalue weighted by Gasteiger charge is -2.15. The highest BCUT2D eigenvalue weighted by Crippen LogP contribution is 2.16. The number of methoxy groups -OCH3 is 1. The van der Waals surface area contributed by atoms with E-state index in [2.05, 4.69) is 5.16 Å². The molecule has 0 saturated carbocycles. The maximum atomic E-state index is 12.0. The first-order valence-corrected chi connectivity index (χ1v) is 6.56. The molecule has 21 heavy (non-hydrogen) atoms. The summed E-state index contributed by atoms with van der Waals surface area (Å²) in [5.41, 5.74) is 0.682. The average Bonchev–Trinajstić information content (AvgIpc) is 2.93. The highest BCUT2D eigenvalue weighted by Gasteiger charge is 2.16. The summed E-state index contributed by atoms with van der Waals surface area (Å²) in [4.78, 5) is 13.5. The molecule has 0 aliphatic rings. The molecule has 1 amide bonds. The minimum Gasteiger partial charge on any atom is -0.497 e. The normalized spacial score (nSPS) is 10.2. The monoisotopic (exact) mass is 290 g/mol. The van der Waals surface area contributed by atoms with E-state index in [1.807, 2.05) is 24.3 Å². The Morgan fingerprint density at radius 2 is 1.95 bits per heavy atom. The molecular weight excluding hydrogens is 272 g/mol. The summed E-state index contributed by atoms with van der Waals surface area (Å²) in [6.07, 6.45) is 0. The number of hydrogen-bond donors (Lipinski definition) is 0. The van der Waals surface area contributed by atoms with Gasteiger partial charge in [-0.25, -0.2) is 0 Å². The number of carbonyl (C=O) groups is 1. The largest absolute Gasteiger partial charge is 0.497 e. The van der Waals surface area contributed by atoms with Gasteiger partial charge in [-0.1, -0.05) is 5.16 Å². The molecule has 0 N–H and O–H groups in total. The van der Waals surface area contributed by atoms with Crippen LogP contribution in [0, 0.1) is 6.92 Å². The molecule has 2 aromatic rings. The Labute approximate surface area is 123 Å². The Morgan fingerprint density at radius 3 is 2.52 bits per heavy atom. The lowest BCUT2D eigenvalue weighted by atomic mass is 10.3. The van der Waals surface area contributed by atoms with Gasteiger partial charge in [-0.2, -0.15) is 0 Å². The van der Waals surface area contributed by atoms with E-state index in [1.54, 1.807) is 27.1 Å². The standard InChI is InChI=1S/C15H18N2O4/c1-11-10-14(21-16-11)15(18)17(2)8-9-20-13-6-4-12(19-3)5-7-13/h4-7,10H,8-9H2,1-3H3. The van der Waals surface area contributed by atoms with Gasteiger partial charge in [0.2, 0.25) is 5.76 Å². The van der Waals surface area contributed by atoms with Crippen molar-refractivity contribution in [1.29, 1.82) is 0 Å². The molecule has 6 heteroatoms. The van der Waals surface area contributed by atoms with Crippen molar-refractivity contribution in [3.63, 3.8) is 0 Å². The fourth-order valence-corrected chi connectivity index (χ4v) is 1.73. The molecule has 0 spiro atoms. The van der Waals surface area contributed by atoms with E-state index in [4.69, 9.17) is 14.0 Å². The van der Waals surface area contributed by atoms with Crippen molar-refractivity contribution in [2.45, 2.75) is 6.92 Å². The van der Waals surface area contributed by atoms with Crippen LogP contribution in [0.1, 0.15) is 16.2 Å². The Kier molecular flexibility index (Phi) is 4.81. The summed E-state index contributed by atoms with van der Waals surface area (Å²) in [6, 6.07) is 8.90. The van der Waals surface area contributed by atoms with Crippen molar-refractivity contribution < 1.29 is 18.8 Å². The molecule has 1 aromatic carbocycles. The van der Waals surface area contributed by atoms with Gasteiger partial charge in [-0.3, -0.25) is 4.79 Å². The van der Waals surface area contributed by atoms with E-state index in [0.29, 0.717) is 18.8 Å². The van der Waals surface area contributed by atoms with Gasteiger partial charge in [0.05, 0.1) is 19.3 Å². The molecule has 0 aliphatic heterocycles. The van der Waals surface area contributed by atoms with Crippen molar-refractivity contribution in [2.24, 2.45) is 0 Å². The van der Waals surface area contributed by atoms with Crippen LogP contribution in [0.5, 0.6) is 11.5 Å². The first-order chi connectivity index (χ1) is 10.1. The lowest BCUT2D eigenvalue weighted by Crippen LogP contribution is -2.30. The van der Waals surface area contributed by atoms with E-state index in [-0.39, 0.29) is 11.7 Å². The number of ether oxygens (including phenoxy) is 2. The molecule has 6 nitrogen and oxygen atoms in total. The summed E-state index contributed by atoms with van der Waals surface area (Å²) in [7, 11) is 3.30. The van der Waals surface area contributed by atoms with Crippen molar-refractivity contribution in [3.05, 3.63) is 41.8 Å². The van der Waals surface area contributed by atoms with Crippen LogP contribution in [0.4, 0.5) is 0 Å². The number of amides is 1. The van der Waals surface area contributed by atoms with Crippen molar-refractivity contribution in [1.82, 2.24) is 10.1 Å². The predicted octanol–water partition coefficient (Wildman–Crippen LogP) is 2.14. The molecule has 0 saturated heterocycles. The number of benzene rings is 1. The minimum absolute atomic E-state index is 0.214. The van der Waals surface area contributed by atoms with E-state index in [1.165, 1.54) is 4.90 Å². The van der Waals surface area contributed by atoms with E-state index in [0.717, 1.165) is 11.5 Å². The quantitative estimate of drug-likeness (QED) is 0.815. The van der Waals surface area contributed by atoms with E-state index < -0.39 is 0 Å². The number of aromatic nitrogens is 1. The second-order valence-corrected chi connectivity index (χ2v) is 4.58. The van der Waals surface area contributed by atoms with Crippen LogP contribution in [-0.2, 0) is 0 Å². The molecule has 0 atom stereocenters. The van der Waals surface area contributed by atoms with Gasteiger partial charge in [-0.05, 0) is 31.2 Å². The third kappa shape index (κ3) is 3.98. The number of nitrogens with zero attached hydrogens (tertiary/aromatic N) is 2. The maximum Gasteiger partial charge on any atom is 0.292 e. The topological polar surface area (TPSA) is 64.8 Å². The van der Waals surface area contributed by atoms with Crippen LogP contribution in [0.2, 0.25) is 0 Å². The molecule has 0 bridgehead atoms. The summed E-state index contributed by atoms with van der Waals surface area (Å²) >= 11 is 0. The number of hydrogen-bond acceptors (Lipinski definition) is 5. The second kappa shape index (κ2) is 6.78. The molecule has 2 rings (SSSR count). The average molecular weight is 290 g/mol. The van der Waals surface area contributed by atoms with Crippen LogP contribution in [0.3, 0.4) is 0 Å². The first-order valence-electron chi connectivity index (χ1n) is 6.56. The Bertz CT molecular complexity index is 592. The van der Waals surface area contributed by atoms with Gasteiger partial charge < -0.3 is 18.9 Å². The smallest absolute Gasteiger partial charge is 0.292 e. The zero-order valence-electron chi connectivity index (χ0n) is 12.3. The van der Waals surface area contributed by atoms with Gasteiger partial charge in [-0.15, -0.1) is 0 Å². The Balaban J connectivity index is 1.80. The molecule has 1 aromatic heterocycles. The van der Waals surface area contributed by atoms with Gasteiger partial charge >= 0.3 is 0 Å². The van der Waals surface area contributed by atoms with Crippen LogP contribution in [0.15, 0.2) is 34.9 Å². The zero-order chi connectivity index (χ0) is 15.2. The summed E-state index contributed by atoms with van der Waals surface area (Å²) in [5, 5.41) is 3.70. The summed E-state index contributed by atoms with van der Waals surface area (Å²) < 4.78 is 15.6. The second-order valence-electron chi connectivity index (χ2n) is 4.58. The molecular formula is C15H18N2O4. The molecule has 0 unspecified atom stereocenters. The molecule has 112 valence electrons. The fraction of sp³-hybridized carbons (Fsp3) is 0.333. The molecule has 1 heterocycles. The predicted molar refractivity (Wildman–Crippen MR) is 76.7 cm³/mol. The van der Waals surface area contributed by atoms with Gasteiger partial charge in [0, 0.05) is 13.1 Å². The van der Waals surface area contributed by atoms with Crippen molar-refractivity contribution in [2.75, 3.05) is 27.3 Å².